The number of halogens is 2. The molecule has 0 aromatic carbocycles. The Labute approximate surface area is 70.9 Å². The van der Waals surface area contributed by atoms with Gasteiger partial charge >= 0.3 is 43.8 Å². The van der Waals surface area contributed by atoms with E-state index < -0.39 is 26.9 Å². The molecule has 1 nitrogen and oxygen atoms in total. The molecule has 0 atom stereocenters. The van der Waals surface area contributed by atoms with E-state index in [2.05, 4.69) is 0 Å². The molecule has 0 aromatic rings. The predicted molar refractivity (Wildman–Crippen MR) is 49.2 cm³/mol. The molecule has 0 N–H and O–H groups in total. The van der Waals surface area contributed by atoms with Crippen LogP contribution in [-0.4, -0.2) is 32.8 Å². The van der Waals surface area contributed by atoms with E-state index in [0.717, 1.165) is 0 Å². The maximum atomic E-state index is 9.56. The summed E-state index contributed by atoms with van der Waals surface area (Å²) in [6.45, 7) is 0. The molecule has 5 heteroatoms. The SMILES string of the molecule is CS(C)=O.[CH3][Sn]([CH3])([Cl])[Cl]. The van der Waals surface area contributed by atoms with E-state index in [9.17, 15) is 4.21 Å². The summed E-state index contributed by atoms with van der Waals surface area (Å²) in [5.41, 5.74) is 0. The van der Waals surface area contributed by atoms with Gasteiger partial charge in [-0.3, -0.25) is 4.21 Å². The molecular weight excluding hydrogens is 286 g/mol. The molecule has 0 saturated carbocycles. The van der Waals surface area contributed by atoms with Crippen molar-refractivity contribution in [2.75, 3.05) is 12.5 Å². The average molecular weight is 298 g/mol. The van der Waals surface area contributed by atoms with E-state index in [1.165, 1.54) is 0 Å². The third-order valence-electron chi connectivity index (χ3n) is 0. The van der Waals surface area contributed by atoms with Crippen molar-refractivity contribution in [2.45, 2.75) is 9.88 Å². The summed E-state index contributed by atoms with van der Waals surface area (Å²) in [5.74, 6) is 0. The summed E-state index contributed by atoms with van der Waals surface area (Å²) in [6, 6.07) is 0. The first-order valence-corrected chi connectivity index (χ1v) is 17.3. The molecule has 0 aliphatic rings. The fourth-order valence-corrected chi connectivity index (χ4v) is 0. The van der Waals surface area contributed by atoms with Gasteiger partial charge < -0.3 is 0 Å². The molecule has 0 spiro atoms. The monoisotopic (exact) mass is 298 g/mol. The van der Waals surface area contributed by atoms with Gasteiger partial charge in [0, 0.05) is 23.3 Å². The molecular formula is C4H12Cl2OSSn. The van der Waals surface area contributed by atoms with Crippen LogP contribution in [0.25, 0.3) is 0 Å². The number of hydrogen-bond acceptors (Lipinski definition) is 1. The second-order valence-corrected chi connectivity index (χ2v) is 25.1. The third kappa shape index (κ3) is 231. The summed E-state index contributed by atoms with van der Waals surface area (Å²) >= 11 is -2.24. The molecule has 58 valence electrons. The van der Waals surface area contributed by atoms with E-state index >= 15 is 0 Å². The van der Waals surface area contributed by atoms with Crippen molar-refractivity contribution in [1.82, 2.24) is 0 Å². The number of hydrogen-bond donors (Lipinski definition) is 0. The van der Waals surface area contributed by atoms with Crippen molar-refractivity contribution < 1.29 is 4.21 Å². The molecule has 0 bridgehead atoms. The van der Waals surface area contributed by atoms with Crippen LogP contribution in [0.2, 0.25) is 9.88 Å². The molecule has 0 radical (unpaired) electrons. The number of rotatable bonds is 0. The second-order valence-electron chi connectivity index (χ2n) is 2.07. The topological polar surface area (TPSA) is 17.1 Å². The Morgan fingerprint density at radius 1 is 1.22 bits per heavy atom. The van der Waals surface area contributed by atoms with Crippen molar-refractivity contribution in [3.63, 3.8) is 0 Å². The van der Waals surface area contributed by atoms with Crippen LogP contribution >= 0.6 is 17.8 Å². The van der Waals surface area contributed by atoms with Gasteiger partial charge in [-0.05, 0) is 0 Å². The fourth-order valence-electron chi connectivity index (χ4n) is 0. The van der Waals surface area contributed by atoms with E-state index in [1.807, 2.05) is 9.88 Å². The van der Waals surface area contributed by atoms with Crippen molar-refractivity contribution in [3.8, 4) is 0 Å². The first kappa shape index (κ1) is 13.1. The van der Waals surface area contributed by atoms with Crippen LogP contribution in [0.1, 0.15) is 0 Å². The van der Waals surface area contributed by atoms with Crippen LogP contribution in [0.3, 0.4) is 0 Å². The zero-order valence-electron chi connectivity index (χ0n) is 6.07. The molecule has 0 unspecified atom stereocenters. The van der Waals surface area contributed by atoms with Gasteiger partial charge in [0.05, 0.1) is 0 Å². The summed E-state index contributed by atoms with van der Waals surface area (Å²) < 4.78 is 9.56. The van der Waals surface area contributed by atoms with E-state index in [1.54, 1.807) is 12.5 Å². The van der Waals surface area contributed by atoms with Gasteiger partial charge in [-0.15, -0.1) is 0 Å². The summed E-state index contributed by atoms with van der Waals surface area (Å²) in [4.78, 5) is 3.86. The van der Waals surface area contributed by atoms with Gasteiger partial charge in [-0.2, -0.15) is 0 Å². The van der Waals surface area contributed by atoms with Gasteiger partial charge in [0.2, 0.25) is 0 Å². The van der Waals surface area contributed by atoms with E-state index in [0.29, 0.717) is 0 Å². The molecule has 0 fully saturated rings. The summed E-state index contributed by atoms with van der Waals surface area (Å²) in [6.07, 6.45) is 3.28. The van der Waals surface area contributed by atoms with Crippen LogP contribution in [-0.2, 0) is 10.8 Å². The third-order valence-corrected chi connectivity index (χ3v) is 0. The Kier molecular flexibility index (Phi) is 9.13. The van der Waals surface area contributed by atoms with Gasteiger partial charge in [0.15, 0.2) is 0 Å². The van der Waals surface area contributed by atoms with Crippen molar-refractivity contribution >= 4 is 44.8 Å². The van der Waals surface area contributed by atoms with Gasteiger partial charge in [-0.25, -0.2) is 0 Å². The maximum absolute atomic E-state index is 9.56. The van der Waals surface area contributed by atoms with Crippen molar-refractivity contribution in [3.05, 3.63) is 0 Å². The van der Waals surface area contributed by atoms with Crippen LogP contribution in [0, 0.1) is 0 Å². The standard InChI is InChI=1S/C2H6OS.2CH3.2ClH.Sn/c1-4(2)3;;;;;/h1-2H3;2*1H3;2*1H;/q;;;;;+2/p-2. The average Bonchev–Trinajstić information content (AvgIpc) is 1.19. The Hall–Kier alpha value is 1.53. The van der Waals surface area contributed by atoms with Crippen LogP contribution in [0.5, 0.6) is 0 Å². The Morgan fingerprint density at radius 3 is 1.22 bits per heavy atom. The minimum absolute atomic E-state index is 0.611. The first-order valence-electron chi connectivity index (χ1n) is 2.36. The molecule has 0 rings (SSSR count). The minimum atomic E-state index is -2.24. The van der Waals surface area contributed by atoms with Crippen molar-refractivity contribution in [2.24, 2.45) is 0 Å². The Bertz CT molecular complexity index is 81.1. The quantitative estimate of drug-likeness (QED) is 0.626. The Morgan fingerprint density at radius 2 is 1.22 bits per heavy atom. The Balaban J connectivity index is 0. The van der Waals surface area contributed by atoms with E-state index in [4.69, 9.17) is 17.8 Å². The molecule has 0 amide bonds. The van der Waals surface area contributed by atoms with E-state index in [-0.39, 0.29) is 0 Å². The van der Waals surface area contributed by atoms with Gasteiger partial charge in [-0.1, -0.05) is 0 Å². The molecule has 9 heavy (non-hydrogen) atoms. The van der Waals surface area contributed by atoms with Crippen LogP contribution in [0.4, 0.5) is 0 Å². The summed E-state index contributed by atoms with van der Waals surface area (Å²) in [5, 5.41) is 0. The molecule has 0 aromatic heterocycles. The molecule has 0 aliphatic heterocycles. The second kappa shape index (κ2) is 6.25. The molecule has 0 heterocycles. The molecule has 0 aliphatic carbocycles. The normalized spacial score (nSPS) is 10.6. The fraction of sp³-hybridized carbons (Fsp3) is 1.00. The van der Waals surface area contributed by atoms with Crippen molar-refractivity contribution in [1.29, 1.82) is 0 Å². The zero-order valence-corrected chi connectivity index (χ0v) is 11.3. The first-order chi connectivity index (χ1) is 3.73. The van der Waals surface area contributed by atoms with Gasteiger partial charge in [0.25, 0.3) is 0 Å². The predicted octanol–water partition coefficient (Wildman–Crippen LogP) is 2.16. The summed E-state index contributed by atoms with van der Waals surface area (Å²) in [7, 11) is 10.4. The van der Waals surface area contributed by atoms with Gasteiger partial charge in [0.1, 0.15) is 0 Å². The molecule has 0 saturated heterocycles. The van der Waals surface area contributed by atoms with Crippen LogP contribution in [0.15, 0.2) is 0 Å². The van der Waals surface area contributed by atoms with Crippen LogP contribution < -0.4 is 0 Å². The zero-order chi connectivity index (χ0) is 8.08.